The maximum Gasteiger partial charge on any atom is 0.118 e. The second-order valence-electron chi connectivity index (χ2n) is 2.53. The van der Waals surface area contributed by atoms with Gasteiger partial charge in [-0.05, 0) is 17.7 Å². The zero-order valence-corrected chi connectivity index (χ0v) is 8.18. The van der Waals surface area contributed by atoms with Gasteiger partial charge < -0.3 is 10.5 Å². The summed E-state index contributed by atoms with van der Waals surface area (Å²) in [4.78, 5) is 0. The van der Waals surface area contributed by atoms with Gasteiger partial charge in [0.2, 0.25) is 0 Å². The lowest BCUT2D eigenvalue weighted by Crippen LogP contribution is -2.11. The Morgan fingerprint density at radius 3 is 2.31 bits per heavy atom. The molecule has 0 saturated carbocycles. The number of hydrogen-bond acceptors (Lipinski definition) is 2. The largest absolute Gasteiger partial charge is 0.497 e. The quantitative estimate of drug-likeness (QED) is 0.820. The first-order valence-corrected chi connectivity index (χ1v) is 3.73. The minimum Gasteiger partial charge on any atom is -0.497 e. The van der Waals surface area contributed by atoms with E-state index in [9.17, 15) is 4.39 Å². The molecule has 13 heavy (non-hydrogen) atoms. The van der Waals surface area contributed by atoms with Crippen LogP contribution in [0.3, 0.4) is 0 Å². The molecule has 0 aromatic heterocycles. The molecule has 0 heterocycles. The first kappa shape index (κ1) is 12.2. The number of hydrogen-bond donors (Lipinski definition) is 1. The van der Waals surface area contributed by atoms with Crippen LogP contribution in [-0.2, 0) is 0 Å². The van der Waals surface area contributed by atoms with E-state index >= 15 is 0 Å². The number of benzene rings is 1. The molecule has 1 unspecified atom stereocenters. The van der Waals surface area contributed by atoms with Crippen LogP contribution < -0.4 is 10.5 Å². The third-order valence-corrected chi connectivity index (χ3v) is 1.71. The van der Waals surface area contributed by atoms with Gasteiger partial charge in [0.05, 0.1) is 13.2 Å². The van der Waals surface area contributed by atoms with Crippen LogP contribution in [-0.4, -0.2) is 13.8 Å². The Hall–Kier alpha value is -0.800. The Morgan fingerprint density at radius 1 is 1.38 bits per heavy atom. The van der Waals surface area contributed by atoms with Crippen molar-refractivity contribution in [2.45, 2.75) is 6.04 Å². The lowest BCUT2D eigenvalue weighted by Gasteiger charge is -2.07. The molecule has 0 aliphatic carbocycles. The van der Waals surface area contributed by atoms with Gasteiger partial charge in [0.25, 0.3) is 0 Å². The van der Waals surface area contributed by atoms with Crippen LogP contribution in [0.4, 0.5) is 4.39 Å². The highest BCUT2D eigenvalue weighted by Crippen LogP contribution is 2.15. The summed E-state index contributed by atoms with van der Waals surface area (Å²) in [6, 6.07) is 6.55. The monoisotopic (exact) mass is 205 g/mol. The number of halogens is 2. The van der Waals surface area contributed by atoms with Gasteiger partial charge in [-0.3, -0.25) is 0 Å². The van der Waals surface area contributed by atoms with E-state index in [1.165, 1.54) is 0 Å². The molecule has 1 atom stereocenters. The Kier molecular flexibility index (Phi) is 5.42. The van der Waals surface area contributed by atoms with E-state index in [1.807, 2.05) is 0 Å². The fourth-order valence-corrected chi connectivity index (χ4v) is 0.940. The number of alkyl halides is 1. The van der Waals surface area contributed by atoms with Gasteiger partial charge in [0.15, 0.2) is 0 Å². The van der Waals surface area contributed by atoms with Gasteiger partial charge in [-0.1, -0.05) is 12.1 Å². The van der Waals surface area contributed by atoms with Gasteiger partial charge in [-0.2, -0.15) is 0 Å². The lowest BCUT2D eigenvalue weighted by molar-refractivity contribution is 0.413. The van der Waals surface area contributed by atoms with Crippen molar-refractivity contribution >= 4 is 12.4 Å². The van der Waals surface area contributed by atoms with Crippen LogP contribution in [0, 0.1) is 0 Å². The van der Waals surface area contributed by atoms with E-state index in [0.29, 0.717) is 0 Å². The van der Waals surface area contributed by atoms with Crippen LogP contribution in [0.15, 0.2) is 24.3 Å². The molecule has 0 spiro atoms. The van der Waals surface area contributed by atoms with E-state index in [2.05, 4.69) is 0 Å². The van der Waals surface area contributed by atoms with Crippen molar-refractivity contribution in [1.29, 1.82) is 0 Å². The van der Waals surface area contributed by atoms with E-state index in [4.69, 9.17) is 10.5 Å². The van der Waals surface area contributed by atoms with E-state index in [-0.39, 0.29) is 12.4 Å². The summed E-state index contributed by atoms with van der Waals surface area (Å²) in [5.74, 6) is 0.754. The molecule has 2 N–H and O–H groups in total. The smallest absolute Gasteiger partial charge is 0.118 e. The van der Waals surface area contributed by atoms with Crippen molar-refractivity contribution in [2.24, 2.45) is 5.73 Å². The van der Waals surface area contributed by atoms with Crippen LogP contribution in [0.2, 0.25) is 0 Å². The molecule has 0 radical (unpaired) electrons. The number of rotatable bonds is 3. The minimum absolute atomic E-state index is 0. The first-order valence-electron chi connectivity index (χ1n) is 3.73. The van der Waals surface area contributed by atoms with Crippen LogP contribution in [0.25, 0.3) is 0 Å². The summed E-state index contributed by atoms with van der Waals surface area (Å²) in [7, 11) is 1.59. The van der Waals surface area contributed by atoms with Gasteiger partial charge in [0.1, 0.15) is 12.4 Å². The highest BCUT2D eigenvalue weighted by Gasteiger charge is 2.03. The second-order valence-corrected chi connectivity index (χ2v) is 2.53. The molecule has 0 aliphatic heterocycles. The minimum atomic E-state index is -0.535. The Bertz CT molecular complexity index is 240. The Balaban J connectivity index is 0.00000144. The van der Waals surface area contributed by atoms with Crippen molar-refractivity contribution in [2.75, 3.05) is 13.8 Å². The van der Waals surface area contributed by atoms with E-state index in [1.54, 1.807) is 31.4 Å². The summed E-state index contributed by atoms with van der Waals surface area (Å²) < 4.78 is 17.0. The lowest BCUT2D eigenvalue weighted by atomic mass is 10.1. The highest BCUT2D eigenvalue weighted by molar-refractivity contribution is 5.85. The van der Waals surface area contributed by atoms with Crippen molar-refractivity contribution in [1.82, 2.24) is 0 Å². The zero-order chi connectivity index (χ0) is 8.97. The summed E-state index contributed by atoms with van der Waals surface area (Å²) in [6.45, 7) is -0.535. The molecule has 0 aliphatic rings. The maximum absolute atomic E-state index is 12.1. The molecule has 74 valence electrons. The molecule has 0 saturated heterocycles. The van der Waals surface area contributed by atoms with Crippen LogP contribution in [0.5, 0.6) is 5.75 Å². The average molecular weight is 206 g/mol. The topological polar surface area (TPSA) is 35.2 Å². The fraction of sp³-hybridized carbons (Fsp3) is 0.333. The van der Waals surface area contributed by atoms with Crippen LogP contribution in [0.1, 0.15) is 11.6 Å². The van der Waals surface area contributed by atoms with E-state index in [0.717, 1.165) is 11.3 Å². The fourth-order valence-electron chi connectivity index (χ4n) is 0.940. The summed E-state index contributed by atoms with van der Waals surface area (Å²) in [5, 5.41) is 0. The summed E-state index contributed by atoms with van der Waals surface area (Å²) in [5.41, 5.74) is 6.26. The van der Waals surface area contributed by atoms with Crippen molar-refractivity contribution < 1.29 is 9.13 Å². The van der Waals surface area contributed by atoms with E-state index < -0.39 is 12.7 Å². The highest BCUT2D eigenvalue weighted by atomic mass is 35.5. The maximum atomic E-state index is 12.1. The van der Waals surface area contributed by atoms with Gasteiger partial charge in [0, 0.05) is 0 Å². The van der Waals surface area contributed by atoms with Gasteiger partial charge in [-0.15, -0.1) is 12.4 Å². The SMILES string of the molecule is COc1ccc(C(N)CF)cc1.Cl. The summed E-state index contributed by atoms with van der Waals surface area (Å²) >= 11 is 0. The summed E-state index contributed by atoms with van der Waals surface area (Å²) in [6.07, 6.45) is 0. The normalized spacial score (nSPS) is 11.6. The third-order valence-electron chi connectivity index (χ3n) is 1.71. The van der Waals surface area contributed by atoms with Crippen molar-refractivity contribution in [3.8, 4) is 5.75 Å². The number of nitrogens with two attached hydrogens (primary N) is 1. The van der Waals surface area contributed by atoms with Gasteiger partial charge >= 0.3 is 0 Å². The molecule has 0 bridgehead atoms. The van der Waals surface area contributed by atoms with Crippen LogP contribution >= 0.6 is 12.4 Å². The second kappa shape index (κ2) is 5.78. The molecule has 0 fully saturated rings. The molecule has 0 amide bonds. The zero-order valence-electron chi connectivity index (χ0n) is 7.37. The van der Waals surface area contributed by atoms with Gasteiger partial charge in [-0.25, -0.2) is 4.39 Å². The Morgan fingerprint density at radius 2 is 1.92 bits per heavy atom. The Labute approximate surface area is 83.3 Å². The molecule has 1 aromatic carbocycles. The molecule has 4 heteroatoms. The van der Waals surface area contributed by atoms with Crippen molar-refractivity contribution in [3.63, 3.8) is 0 Å². The predicted molar refractivity (Wildman–Crippen MR) is 53.1 cm³/mol. The number of ether oxygens (including phenoxy) is 1. The molecule has 1 aromatic rings. The molecule has 2 nitrogen and oxygen atoms in total. The first-order chi connectivity index (χ1) is 5.77. The average Bonchev–Trinajstić information content (AvgIpc) is 2.17. The molecule has 1 rings (SSSR count). The third kappa shape index (κ3) is 3.20. The molecular weight excluding hydrogens is 193 g/mol. The number of methoxy groups -OCH3 is 1. The predicted octanol–water partition coefficient (Wildman–Crippen LogP) is 2.09. The molecular formula is C9H13ClFNO. The van der Waals surface area contributed by atoms with Crippen molar-refractivity contribution in [3.05, 3.63) is 29.8 Å². The standard InChI is InChI=1S/C9H12FNO.ClH/c1-12-8-4-2-7(3-5-8)9(11)6-10;/h2-5,9H,6,11H2,1H3;1H.